The van der Waals surface area contributed by atoms with Crippen molar-refractivity contribution in [2.24, 2.45) is 22.6 Å². The number of benzene rings is 1. The lowest BCUT2D eigenvalue weighted by Gasteiger charge is -2.25. The highest BCUT2D eigenvalue weighted by atomic mass is 32.2. The molecule has 2 aromatic rings. The van der Waals surface area contributed by atoms with E-state index in [4.69, 9.17) is 15.2 Å². The summed E-state index contributed by atoms with van der Waals surface area (Å²) in [5.41, 5.74) is 6.97. The number of carbonyl (C=O) groups excluding carboxylic acids is 1. The maximum Gasteiger partial charge on any atom is 0.275 e. The van der Waals surface area contributed by atoms with E-state index in [1.165, 1.54) is 24.5 Å². The second kappa shape index (κ2) is 8.08. The van der Waals surface area contributed by atoms with Crippen LogP contribution in [0, 0.1) is 17.7 Å². The van der Waals surface area contributed by atoms with E-state index in [1.54, 1.807) is 17.8 Å². The number of nitrogens with one attached hydrogen (secondary N) is 1. The summed E-state index contributed by atoms with van der Waals surface area (Å²) in [6.45, 7) is 3.29. The van der Waals surface area contributed by atoms with Gasteiger partial charge in [-0.15, -0.1) is 0 Å². The Morgan fingerprint density at radius 1 is 1.39 bits per heavy atom. The smallest absolute Gasteiger partial charge is 0.275 e. The predicted molar refractivity (Wildman–Crippen MR) is 115 cm³/mol. The summed E-state index contributed by atoms with van der Waals surface area (Å²) in [4.78, 5) is 25.3. The monoisotopic (exact) mass is 443 g/mol. The van der Waals surface area contributed by atoms with Crippen LogP contribution in [0.25, 0.3) is 0 Å². The number of amidine groups is 1. The maximum absolute atomic E-state index is 14.6. The molecule has 3 N–H and O–H groups in total. The van der Waals surface area contributed by atoms with Crippen molar-refractivity contribution in [2.45, 2.75) is 30.7 Å². The molecule has 1 saturated carbocycles. The summed E-state index contributed by atoms with van der Waals surface area (Å²) in [6, 6.07) is 4.13. The number of thioether (sulfide) groups is 1. The van der Waals surface area contributed by atoms with Crippen molar-refractivity contribution < 1.29 is 18.7 Å². The van der Waals surface area contributed by atoms with Crippen molar-refractivity contribution >= 4 is 28.5 Å². The number of hydrogen-bond acceptors (Lipinski definition) is 8. The second-order valence-corrected chi connectivity index (χ2v) is 9.15. The van der Waals surface area contributed by atoms with Crippen LogP contribution in [0.4, 0.5) is 10.1 Å². The molecule has 5 rings (SSSR count). The van der Waals surface area contributed by atoms with E-state index in [1.807, 2.05) is 0 Å². The quantitative estimate of drug-likeness (QED) is 0.706. The number of hydrogen-bond donors (Lipinski definition) is 2. The van der Waals surface area contributed by atoms with Crippen molar-refractivity contribution in [1.82, 2.24) is 9.97 Å². The van der Waals surface area contributed by atoms with Crippen molar-refractivity contribution in [2.75, 3.05) is 18.5 Å². The third-order valence-corrected chi connectivity index (χ3v) is 7.26. The van der Waals surface area contributed by atoms with Crippen molar-refractivity contribution in [3.63, 3.8) is 0 Å². The Labute approximate surface area is 182 Å². The van der Waals surface area contributed by atoms with Gasteiger partial charge in [-0.25, -0.2) is 14.4 Å². The molecular formula is C21H22FN5O3S. The molecule has 1 aromatic heterocycles. The number of carbonyl (C=O) groups is 1. The highest BCUT2D eigenvalue weighted by Crippen LogP contribution is 2.58. The Kier molecular flexibility index (Phi) is 5.27. The number of nitrogens with two attached hydrogens (primary N) is 1. The van der Waals surface area contributed by atoms with E-state index in [0.29, 0.717) is 40.1 Å². The number of aliphatic imine (C=N–C) groups is 1. The summed E-state index contributed by atoms with van der Waals surface area (Å²) in [7, 11) is 0. The zero-order valence-electron chi connectivity index (χ0n) is 16.8. The van der Waals surface area contributed by atoms with Crippen molar-refractivity contribution in [3.05, 3.63) is 47.7 Å². The van der Waals surface area contributed by atoms with Gasteiger partial charge in [-0.3, -0.25) is 9.79 Å². The zero-order chi connectivity index (χ0) is 21.5. The molecule has 1 aromatic carbocycles. The molecule has 31 heavy (non-hydrogen) atoms. The van der Waals surface area contributed by atoms with Gasteiger partial charge in [-0.1, -0.05) is 18.7 Å². The maximum atomic E-state index is 14.6. The largest absolute Gasteiger partial charge is 0.474 e. The van der Waals surface area contributed by atoms with Crippen LogP contribution in [0.1, 0.15) is 35.4 Å². The average Bonchev–Trinajstić information content (AvgIpc) is 3.37. The highest BCUT2D eigenvalue weighted by Gasteiger charge is 2.55. The summed E-state index contributed by atoms with van der Waals surface area (Å²) >= 11 is 1.55. The molecule has 0 bridgehead atoms. The first-order valence-corrected chi connectivity index (χ1v) is 11.0. The highest BCUT2D eigenvalue weighted by molar-refractivity contribution is 8.14. The lowest BCUT2D eigenvalue weighted by Crippen LogP contribution is -2.32. The van der Waals surface area contributed by atoms with E-state index >= 15 is 0 Å². The second-order valence-electron chi connectivity index (χ2n) is 7.95. The van der Waals surface area contributed by atoms with Crippen molar-refractivity contribution in [1.29, 1.82) is 0 Å². The minimum atomic E-state index is -0.446. The normalized spacial score (nSPS) is 28.7. The molecule has 0 radical (unpaired) electrons. The van der Waals surface area contributed by atoms with Crippen LogP contribution in [-0.4, -0.2) is 45.6 Å². The molecule has 5 atom stereocenters. The van der Waals surface area contributed by atoms with E-state index in [2.05, 4.69) is 27.2 Å². The number of nitrogens with zero attached hydrogens (tertiary/aromatic N) is 3. The van der Waals surface area contributed by atoms with E-state index in [-0.39, 0.29) is 29.6 Å². The molecule has 0 spiro atoms. The molecule has 3 aliphatic rings. The van der Waals surface area contributed by atoms with Gasteiger partial charge in [0.05, 0.1) is 24.5 Å². The van der Waals surface area contributed by atoms with E-state index < -0.39 is 5.91 Å². The zero-order valence-corrected chi connectivity index (χ0v) is 17.6. The molecule has 5 unspecified atom stereocenters. The third kappa shape index (κ3) is 4.09. The Morgan fingerprint density at radius 3 is 2.94 bits per heavy atom. The molecule has 1 saturated heterocycles. The van der Waals surface area contributed by atoms with Gasteiger partial charge in [0.15, 0.2) is 5.17 Å². The standard InChI is InChI=1S/C21H22FN5O3S/c1-10-17-18(27-21(23)31-19(10)17)13-6-11(2-3-14(13)22)26-20(28)15-7-25-16(8-24-15)30-9-12-4-5-29-12/h2-3,6-8,10,12,17-19H,4-5,9H2,1H3,(H2,23,27)(H,26,28). The van der Waals surface area contributed by atoms with Gasteiger partial charge in [-0.2, -0.15) is 0 Å². The van der Waals surface area contributed by atoms with Gasteiger partial charge in [0.25, 0.3) is 5.91 Å². The van der Waals surface area contributed by atoms with Crippen LogP contribution >= 0.6 is 11.8 Å². The van der Waals surface area contributed by atoms with Crippen LogP contribution in [0.5, 0.6) is 5.88 Å². The first kappa shape index (κ1) is 20.2. The minimum absolute atomic E-state index is 0.0915. The van der Waals surface area contributed by atoms with E-state index in [0.717, 1.165) is 13.0 Å². The Hall–Kier alpha value is -2.72. The van der Waals surface area contributed by atoms with Crippen LogP contribution in [0.2, 0.25) is 0 Å². The predicted octanol–water partition coefficient (Wildman–Crippen LogP) is 2.77. The van der Waals surface area contributed by atoms with Gasteiger partial charge in [0, 0.05) is 35.4 Å². The molecule has 1 aliphatic carbocycles. The Morgan fingerprint density at radius 2 is 2.23 bits per heavy atom. The SMILES string of the molecule is CC1C2SC(N)=NC(c3cc(NC(=O)c4cnc(OCC5CCO5)cn4)ccc3F)C12. The van der Waals surface area contributed by atoms with Gasteiger partial charge in [0.1, 0.15) is 18.1 Å². The molecule has 1 amide bonds. The molecular weight excluding hydrogens is 421 g/mol. The molecule has 2 fully saturated rings. The fraction of sp³-hybridized carbons (Fsp3) is 0.429. The van der Waals surface area contributed by atoms with Crippen LogP contribution in [0.15, 0.2) is 35.6 Å². The number of aromatic nitrogens is 2. The summed E-state index contributed by atoms with van der Waals surface area (Å²) in [6.07, 6.45) is 3.80. The number of halogens is 1. The van der Waals surface area contributed by atoms with Gasteiger partial charge in [0.2, 0.25) is 5.88 Å². The number of anilines is 1. The van der Waals surface area contributed by atoms with Crippen LogP contribution in [-0.2, 0) is 4.74 Å². The molecule has 3 heterocycles. The van der Waals surface area contributed by atoms with Gasteiger partial charge in [-0.05, 0) is 24.1 Å². The lowest BCUT2D eigenvalue weighted by molar-refractivity contribution is -0.0727. The lowest BCUT2D eigenvalue weighted by atomic mass is 10.0. The van der Waals surface area contributed by atoms with Crippen LogP contribution < -0.4 is 15.8 Å². The number of rotatable bonds is 6. The minimum Gasteiger partial charge on any atom is -0.474 e. The summed E-state index contributed by atoms with van der Waals surface area (Å²) in [5.74, 6) is 0.195. The third-order valence-electron chi connectivity index (χ3n) is 5.90. The fourth-order valence-corrected chi connectivity index (χ4v) is 5.24. The molecule has 2 aliphatic heterocycles. The molecule has 162 valence electrons. The Bertz CT molecular complexity index is 1030. The fourth-order valence-electron chi connectivity index (χ4n) is 3.92. The number of ether oxygens (including phenoxy) is 2. The van der Waals surface area contributed by atoms with Gasteiger partial charge < -0.3 is 20.5 Å². The van der Waals surface area contributed by atoms with Crippen molar-refractivity contribution in [3.8, 4) is 5.88 Å². The Balaban J connectivity index is 1.27. The molecule has 10 heteroatoms. The first-order valence-electron chi connectivity index (χ1n) is 10.2. The first-order chi connectivity index (χ1) is 15.0. The molecule has 8 nitrogen and oxygen atoms in total. The summed E-state index contributed by atoms with van der Waals surface area (Å²) < 4.78 is 25.4. The van der Waals surface area contributed by atoms with Gasteiger partial charge >= 0.3 is 0 Å². The number of fused-ring (bicyclic) bond motifs is 1. The van der Waals surface area contributed by atoms with Crippen LogP contribution in [0.3, 0.4) is 0 Å². The number of amides is 1. The summed E-state index contributed by atoms with van der Waals surface area (Å²) in [5, 5.41) is 3.60. The average molecular weight is 444 g/mol. The topological polar surface area (TPSA) is 112 Å². The van der Waals surface area contributed by atoms with E-state index in [9.17, 15) is 9.18 Å².